The van der Waals surface area contributed by atoms with E-state index in [9.17, 15) is 0 Å². The zero-order valence-corrected chi connectivity index (χ0v) is 13.7. The summed E-state index contributed by atoms with van der Waals surface area (Å²) >= 11 is 13.4. The fourth-order valence-corrected chi connectivity index (χ4v) is 3.46. The molecule has 0 aliphatic rings. The molecule has 1 aromatic carbocycles. The molecule has 1 aromatic heterocycles. The lowest BCUT2D eigenvalue weighted by molar-refractivity contribution is 0.750. The Labute approximate surface area is 129 Å². The average Bonchev–Trinajstić information content (AvgIpc) is 2.38. The molecule has 0 aliphatic carbocycles. The SMILES string of the molecule is CC(c1ccncc1)C(Br)c1ccc(Br)cc1Cl. The third-order valence-electron chi connectivity index (χ3n) is 2.93. The first-order valence-electron chi connectivity index (χ1n) is 5.58. The molecule has 2 aromatic rings. The molecular weight excluding hydrogens is 377 g/mol. The van der Waals surface area contributed by atoms with E-state index in [0.29, 0.717) is 5.92 Å². The summed E-state index contributed by atoms with van der Waals surface area (Å²) in [5.74, 6) is 0.326. The molecule has 1 heterocycles. The van der Waals surface area contributed by atoms with Crippen LogP contribution in [0.3, 0.4) is 0 Å². The second kappa shape index (κ2) is 6.18. The van der Waals surface area contributed by atoms with Gasteiger partial charge in [-0.2, -0.15) is 0 Å². The second-order valence-electron chi connectivity index (χ2n) is 4.14. The number of hydrogen-bond donors (Lipinski definition) is 0. The van der Waals surface area contributed by atoms with Crippen molar-refractivity contribution in [3.8, 4) is 0 Å². The molecule has 18 heavy (non-hydrogen) atoms. The molecule has 0 spiro atoms. The van der Waals surface area contributed by atoms with Crippen molar-refractivity contribution in [1.82, 2.24) is 4.98 Å². The van der Waals surface area contributed by atoms with Crippen LogP contribution in [0.5, 0.6) is 0 Å². The van der Waals surface area contributed by atoms with Gasteiger partial charge in [0.1, 0.15) is 0 Å². The van der Waals surface area contributed by atoms with E-state index in [1.807, 2.05) is 42.7 Å². The first-order chi connectivity index (χ1) is 8.59. The van der Waals surface area contributed by atoms with Crippen molar-refractivity contribution in [3.63, 3.8) is 0 Å². The standard InChI is InChI=1S/C14H12Br2ClN/c1-9(10-4-6-18-7-5-10)14(16)12-3-2-11(15)8-13(12)17/h2-9,14H,1H3. The van der Waals surface area contributed by atoms with Gasteiger partial charge in [-0.25, -0.2) is 0 Å². The van der Waals surface area contributed by atoms with Gasteiger partial charge < -0.3 is 0 Å². The molecule has 1 nitrogen and oxygen atoms in total. The van der Waals surface area contributed by atoms with Crippen LogP contribution in [0, 0.1) is 0 Å². The molecule has 94 valence electrons. The molecule has 2 unspecified atom stereocenters. The van der Waals surface area contributed by atoms with E-state index in [0.717, 1.165) is 15.1 Å². The quantitative estimate of drug-likeness (QED) is 0.610. The largest absolute Gasteiger partial charge is 0.265 e. The summed E-state index contributed by atoms with van der Waals surface area (Å²) in [6.45, 7) is 2.17. The number of aromatic nitrogens is 1. The first-order valence-corrected chi connectivity index (χ1v) is 7.67. The molecule has 0 N–H and O–H groups in total. The number of rotatable bonds is 3. The lowest BCUT2D eigenvalue weighted by atomic mass is 9.94. The first kappa shape index (κ1) is 14.0. The molecule has 0 bridgehead atoms. The van der Waals surface area contributed by atoms with E-state index < -0.39 is 0 Å². The van der Waals surface area contributed by atoms with Crippen molar-refractivity contribution in [2.45, 2.75) is 17.7 Å². The predicted molar refractivity (Wildman–Crippen MR) is 83.5 cm³/mol. The molecule has 2 atom stereocenters. The summed E-state index contributed by atoms with van der Waals surface area (Å²) in [4.78, 5) is 4.22. The Bertz CT molecular complexity index is 531. The molecule has 0 aliphatic heterocycles. The molecular formula is C14H12Br2ClN. The lowest BCUT2D eigenvalue weighted by Crippen LogP contribution is -2.03. The monoisotopic (exact) mass is 387 g/mol. The Morgan fingerprint density at radius 3 is 2.44 bits per heavy atom. The fourth-order valence-electron chi connectivity index (χ4n) is 1.83. The number of pyridine rings is 1. The van der Waals surface area contributed by atoms with Gasteiger partial charge in [0.25, 0.3) is 0 Å². The van der Waals surface area contributed by atoms with Gasteiger partial charge in [-0.3, -0.25) is 4.98 Å². The minimum absolute atomic E-state index is 0.181. The Morgan fingerprint density at radius 1 is 1.17 bits per heavy atom. The number of benzene rings is 1. The third kappa shape index (κ3) is 3.14. The molecule has 4 heteroatoms. The summed E-state index contributed by atoms with van der Waals surface area (Å²) < 4.78 is 0.993. The number of hydrogen-bond acceptors (Lipinski definition) is 1. The normalized spacial score (nSPS) is 14.2. The smallest absolute Gasteiger partial charge is 0.0475 e. The maximum atomic E-state index is 6.28. The van der Waals surface area contributed by atoms with Crippen LogP contribution in [0.1, 0.15) is 28.8 Å². The van der Waals surface area contributed by atoms with Crippen LogP contribution in [0.15, 0.2) is 47.2 Å². The van der Waals surface area contributed by atoms with E-state index >= 15 is 0 Å². The van der Waals surface area contributed by atoms with E-state index in [1.165, 1.54) is 5.56 Å². The van der Waals surface area contributed by atoms with Gasteiger partial charge >= 0.3 is 0 Å². The number of alkyl halides is 1. The van der Waals surface area contributed by atoms with Gasteiger partial charge in [-0.15, -0.1) is 0 Å². The highest BCUT2D eigenvalue weighted by Crippen LogP contribution is 2.41. The van der Waals surface area contributed by atoms with Crippen LogP contribution in [-0.2, 0) is 0 Å². The summed E-state index contributed by atoms with van der Waals surface area (Å²) in [7, 11) is 0. The fraction of sp³-hybridized carbons (Fsp3) is 0.214. The van der Waals surface area contributed by atoms with Gasteiger partial charge in [-0.1, -0.05) is 56.5 Å². The topological polar surface area (TPSA) is 12.9 Å². The van der Waals surface area contributed by atoms with E-state index in [2.05, 4.69) is 43.8 Å². The summed E-state index contributed by atoms with van der Waals surface area (Å²) in [6.07, 6.45) is 3.63. The zero-order chi connectivity index (χ0) is 13.1. The highest BCUT2D eigenvalue weighted by Gasteiger charge is 2.20. The predicted octanol–water partition coefficient (Wildman–Crippen LogP) is 5.74. The Hall–Kier alpha value is -0.380. The molecule has 0 radical (unpaired) electrons. The van der Waals surface area contributed by atoms with Gasteiger partial charge in [0.15, 0.2) is 0 Å². The van der Waals surface area contributed by atoms with Gasteiger partial charge in [0.05, 0.1) is 0 Å². The maximum Gasteiger partial charge on any atom is 0.0475 e. The molecule has 0 saturated carbocycles. The highest BCUT2D eigenvalue weighted by atomic mass is 79.9. The zero-order valence-electron chi connectivity index (χ0n) is 9.78. The van der Waals surface area contributed by atoms with Crippen molar-refractivity contribution >= 4 is 43.5 Å². The van der Waals surface area contributed by atoms with Crippen molar-refractivity contribution in [3.05, 3.63) is 63.3 Å². The van der Waals surface area contributed by atoms with Crippen LogP contribution < -0.4 is 0 Å². The summed E-state index contributed by atoms with van der Waals surface area (Å²) in [5.41, 5.74) is 2.34. The van der Waals surface area contributed by atoms with E-state index in [4.69, 9.17) is 11.6 Å². The maximum absolute atomic E-state index is 6.28. The third-order valence-corrected chi connectivity index (χ3v) is 5.04. The van der Waals surface area contributed by atoms with Gasteiger partial charge in [0, 0.05) is 26.7 Å². The Morgan fingerprint density at radius 2 is 1.83 bits per heavy atom. The van der Waals surface area contributed by atoms with Gasteiger partial charge in [0.2, 0.25) is 0 Å². The number of nitrogens with zero attached hydrogens (tertiary/aromatic N) is 1. The van der Waals surface area contributed by atoms with Crippen molar-refractivity contribution in [1.29, 1.82) is 0 Å². The Kier molecular flexibility index (Phi) is 4.82. The lowest BCUT2D eigenvalue weighted by Gasteiger charge is -2.20. The van der Waals surface area contributed by atoms with Crippen LogP contribution in [0.25, 0.3) is 0 Å². The van der Waals surface area contributed by atoms with Crippen molar-refractivity contribution < 1.29 is 0 Å². The van der Waals surface area contributed by atoms with Gasteiger partial charge in [-0.05, 0) is 41.3 Å². The Balaban J connectivity index is 2.28. The van der Waals surface area contributed by atoms with Crippen LogP contribution in [0.4, 0.5) is 0 Å². The van der Waals surface area contributed by atoms with E-state index in [1.54, 1.807) is 0 Å². The second-order valence-corrected chi connectivity index (χ2v) is 6.45. The highest BCUT2D eigenvalue weighted by molar-refractivity contribution is 9.10. The number of halogens is 3. The van der Waals surface area contributed by atoms with Crippen LogP contribution in [0.2, 0.25) is 5.02 Å². The minimum Gasteiger partial charge on any atom is -0.265 e. The molecule has 0 amide bonds. The van der Waals surface area contributed by atoms with Crippen molar-refractivity contribution in [2.24, 2.45) is 0 Å². The molecule has 0 fully saturated rings. The summed E-state index contributed by atoms with van der Waals surface area (Å²) in [5, 5.41) is 0.771. The summed E-state index contributed by atoms with van der Waals surface area (Å²) in [6, 6.07) is 10.0. The average molecular weight is 390 g/mol. The van der Waals surface area contributed by atoms with E-state index in [-0.39, 0.29) is 4.83 Å². The minimum atomic E-state index is 0.181. The molecule has 2 rings (SSSR count). The van der Waals surface area contributed by atoms with Crippen LogP contribution in [-0.4, -0.2) is 4.98 Å². The van der Waals surface area contributed by atoms with Crippen molar-refractivity contribution in [2.75, 3.05) is 0 Å². The molecule has 0 saturated heterocycles. The van der Waals surface area contributed by atoms with Crippen LogP contribution >= 0.6 is 43.5 Å².